The summed E-state index contributed by atoms with van der Waals surface area (Å²) in [4.78, 5) is 29.8. The minimum absolute atomic E-state index is 0.0909. The van der Waals surface area contributed by atoms with E-state index in [2.05, 4.69) is 22.3 Å². The molecule has 7 heteroatoms. The zero-order valence-corrected chi connectivity index (χ0v) is 21.1. The van der Waals surface area contributed by atoms with E-state index >= 15 is 0 Å². The molecule has 2 N–H and O–H groups in total. The highest BCUT2D eigenvalue weighted by Gasteiger charge is 2.17. The van der Waals surface area contributed by atoms with Gasteiger partial charge in [0, 0.05) is 30.2 Å². The molecule has 0 bridgehead atoms. The zero-order valence-electron chi connectivity index (χ0n) is 21.1. The molecule has 1 aromatic carbocycles. The molecule has 0 saturated heterocycles. The van der Waals surface area contributed by atoms with Crippen molar-refractivity contribution in [2.45, 2.75) is 53.5 Å². The average molecular weight is 467 g/mol. The molecule has 0 aromatic heterocycles. The van der Waals surface area contributed by atoms with Gasteiger partial charge in [0.1, 0.15) is 0 Å². The van der Waals surface area contributed by atoms with E-state index in [-0.39, 0.29) is 11.7 Å². The number of rotatable bonds is 11. The van der Waals surface area contributed by atoms with Gasteiger partial charge >= 0.3 is 5.91 Å². The number of nitrogens with one attached hydrogen (secondary N) is 2. The summed E-state index contributed by atoms with van der Waals surface area (Å²) in [5.74, 6) is -0.519. The summed E-state index contributed by atoms with van der Waals surface area (Å²) < 4.78 is 5.20. The summed E-state index contributed by atoms with van der Waals surface area (Å²) in [6, 6.07) is 9.91. The van der Waals surface area contributed by atoms with Crippen LogP contribution in [0.5, 0.6) is 0 Å². The Bertz CT molecular complexity index is 930. The largest absolute Gasteiger partial charge is 0.490 e. The van der Waals surface area contributed by atoms with Crippen molar-refractivity contribution < 1.29 is 14.3 Å². The number of amides is 2. The van der Waals surface area contributed by atoms with E-state index in [9.17, 15) is 9.59 Å². The van der Waals surface area contributed by atoms with Crippen LogP contribution in [0, 0.1) is 0 Å². The van der Waals surface area contributed by atoms with Crippen LogP contribution in [0.2, 0.25) is 0 Å². The van der Waals surface area contributed by atoms with Crippen LogP contribution in [-0.2, 0) is 20.9 Å². The Balaban J connectivity index is 0.00000281. The Kier molecular flexibility index (Phi) is 13.4. The predicted octanol–water partition coefficient (Wildman–Crippen LogP) is 4.81. The smallest absolute Gasteiger partial charge is 0.312 e. The number of aliphatic imine (C=N–C) groups is 1. The average Bonchev–Trinajstić information content (AvgIpc) is 2.87. The molecule has 1 aliphatic rings. The summed E-state index contributed by atoms with van der Waals surface area (Å²) in [5, 5.41) is 6.21. The van der Waals surface area contributed by atoms with Gasteiger partial charge in [-0.25, -0.2) is 4.99 Å². The van der Waals surface area contributed by atoms with Crippen LogP contribution in [0.4, 0.5) is 0 Å². The lowest BCUT2D eigenvalue weighted by Crippen LogP contribution is -2.32. The molecule has 1 aromatic rings. The van der Waals surface area contributed by atoms with Gasteiger partial charge < -0.3 is 20.3 Å². The maximum Gasteiger partial charge on any atom is 0.312 e. The van der Waals surface area contributed by atoms with Crippen molar-refractivity contribution in [1.29, 1.82) is 0 Å². The third-order valence-corrected chi connectivity index (χ3v) is 4.98. The van der Waals surface area contributed by atoms with Crippen molar-refractivity contribution in [3.05, 3.63) is 83.0 Å². The highest BCUT2D eigenvalue weighted by Crippen LogP contribution is 2.22. The van der Waals surface area contributed by atoms with Crippen LogP contribution < -0.4 is 10.6 Å². The number of methoxy groups -OCH3 is 1. The lowest BCUT2D eigenvalue weighted by Gasteiger charge is -2.25. The van der Waals surface area contributed by atoms with Crippen LogP contribution in [-0.4, -0.2) is 37.2 Å². The Morgan fingerprint density at radius 2 is 1.91 bits per heavy atom. The quantitative estimate of drug-likeness (QED) is 0.212. The SMILES string of the molecule is C=NC(=O)/C(=C\N(CNC1=C(C)CCC(C(=O)N/C=C\CC)=C1)Cc1ccccc1)OC.CC. The van der Waals surface area contributed by atoms with Crippen LogP contribution >= 0.6 is 0 Å². The second kappa shape index (κ2) is 16.1. The van der Waals surface area contributed by atoms with Crippen LogP contribution in [0.25, 0.3) is 0 Å². The van der Waals surface area contributed by atoms with Crippen molar-refractivity contribution in [2.24, 2.45) is 4.99 Å². The Morgan fingerprint density at radius 1 is 1.21 bits per heavy atom. The van der Waals surface area contributed by atoms with E-state index in [0.29, 0.717) is 19.6 Å². The van der Waals surface area contributed by atoms with E-state index in [1.807, 2.05) is 75.1 Å². The number of hydrogen-bond acceptors (Lipinski definition) is 5. The molecular weight excluding hydrogens is 428 g/mol. The van der Waals surface area contributed by atoms with Crippen LogP contribution in [0.1, 0.15) is 52.5 Å². The first-order chi connectivity index (χ1) is 16.5. The second-order valence-corrected chi connectivity index (χ2v) is 7.38. The summed E-state index contributed by atoms with van der Waals surface area (Å²) in [6.45, 7) is 12.3. The van der Waals surface area contributed by atoms with Crippen molar-refractivity contribution in [2.75, 3.05) is 13.8 Å². The van der Waals surface area contributed by atoms with E-state index in [0.717, 1.165) is 29.7 Å². The van der Waals surface area contributed by atoms with Crippen LogP contribution in [0.15, 0.2) is 82.5 Å². The highest BCUT2D eigenvalue weighted by molar-refractivity contribution is 5.95. The molecular formula is C27H38N4O3. The zero-order chi connectivity index (χ0) is 25.3. The second-order valence-electron chi connectivity index (χ2n) is 7.38. The van der Waals surface area contributed by atoms with Gasteiger partial charge in [-0.15, -0.1) is 0 Å². The third-order valence-electron chi connectivity index (χ3n) is 4.98. The van der Waals surface area contributed by atoms with Gasteiger partial charge in [-0.2, -0.15) is 0 Å². The van der Waals surface area contributed by atoms with E-state index in [1.54, 1.807) is 12.4 Å². The molecule has 34 heavy (non-hydrogen) atoms. The topological polar surface area (TPSA) is 83.0 Å². The Hall–Kier alpha value is -3.61. The highest BCUT2D eigenvalue weighted by atomic mass is 16.5. The molecule has 2 amide bonds. The first-order valence-corrected chi connectivity index (χ1v) is 11.6. The standard InChI is InChI=1S/C25H32N4O3.C2H6/c1-5-6-14-27-24(30)21-13-12-19(2)22(15-21)28-18-29(16-20-10-8-7-9-11-20)17-23(32-4)25(31)26-3;1-2/h6-11,14-15,17,28H,3,5,12-13,16,18H2,1-2,4H3,(H,27,30);1-2H3/b14-6-,23-17+;. The van der Waals surface area contributed by atoms with Gasteiger partial charge in [0.15, 0.2) is 0 Å². The fourth-order valence-corrected chi connectivity index (χ4v) is 3.14. The molecule has 0 atom stereocenters. The molecule has 1 aliphatic carbocycles. The molecule has 0 fully saturated rings. The van der Waals surface area contributed by atoms with E-state index in [4.69, 9.17) is 4.74 Å². The van der Waals surface area contributed by atoms with Gasteiger partial charge in [0.2, 0.25) is 5.76 Å². The lowest BCUT2D eigenvalue weighted by molar-refractivity contribution is -0.117. The molecule has 0 radical (unpaired) electrons. The van der Waals surface area contributed by atoms with E-state index in [1.165, 1.54) is 12.7 Å². The number of ether oxygens (including phenoxy) is 1. The number of hydrogen-bond donors (Lipinski definition) is 2. The van der Waals surface area contributed by atoms with Crippen LogP contribution in [0.3, 0.4) is 0 Å². The molecule has 0 heterocycles. The third kappa shape index (κ3) is 9.48. The number of allylic oxidation sites excluding steroid dienone is 3. The lowest BCUT2D eigenvalue weighted by atomic mass is 9.96. The molecule has 0 spiro atoms. The van der Waals surface area contributed by atoms with Crippen molar-refractivity contribution in [1.82, 2.24) is 15.5 Å². The predicted molar refractivity (Wildman–Crippen MR) is 139 cm³/mol. The Labute approximate surface area is 204 Å². The summed E-state index contributed by atoms with van der Waals surface area (Å²) >= 11 is 0. The minimum atomic E-state index is -0.530. The molecule has 2 rings (SSSR count). The molecule has 0 unspecified atom stereocenters. The molecule has 7 nitrogen and oxygen atoms in total. The van der Waals surface area contributed by atoms with Gasteiger partial charge in [-0.1, -0.05) is 57.2 Å². The van der Waals surface area contributed by atoms with Crippen molar-refractivity contribution >= 4 is 18.5 Å². The number of nitrogens with zero attached hydrogens (tertiary/aromatic N) is 2. The summed E-state index contributed by atoms with van der Waals surface area (Å²) in [6.07, 6.45) is 9.48. The maximum atomic E-state index is 12.4. The monoisotopic (exact) mass is 466 g/mol. The summed E-state index contributed by atoms with van der Waals surface area (Å²) in [5.41, 5.74) is 3.88. The molecule has 0 saturated carbocycles. The van der Waals surface area contributed by atoms with Gasteiger partial charge in [-0.3, -0.25) is 9.59 Å². The van der Waals surface area contributed by atoms with Gasteiger partial charge in [0.05, 0.1) is 13.8 Å². The normalized spacial score (nSPS) is 13.4. The number of benzene rings is 1. The van der Waals surface area contributed by atoms with E-state index < -0.39 is 5.91 Å². The fourth-order valence-electron chi connectivity index (χ4n) is 3.14. The van der Waals surface area contributed by atoms with Gasteiger partial charge in [-0.05, 0) is 50.1 Å². The number of carbonyl (C=O) groups is 2. The summed E-state index contributed by atoms with van der Waals surface area (Å²) in [7, 11) is 1.43. The van der Waals surface area contributed by atoms with Gasteiger partial charge in [0.25, 0.3) is 5.91 Å². The van der Waals surface area contributed by atoms with Crippen molar-refractivity contribution in [3.63, 3.8) is 0 Å². The number of carbonyl (C=O) groups excluding carboxylic acids is 2. The fraction of sp³-hybridized carbons (Fsp3) is 0.370. The maximum absolute atomic E-state index is 12.4. The first-order valence-electron chi connectivity index (χ1n) is 11.6. The molecule has 184 valence electrons. The van der Waals surface area contributed by atoms with Crippen molar-refractivity contribution in [3.8, 4) is 0 Å². The Morgan fingerprint density at radius 3 is 2.53 bits per heavy atom. The minimum Gasteiger partial charge on any atom is -0.490 e. The molecule has 0 aliphatic heterocycles. The first kappa shape index (κ1) is 28.4.